The standard InChI is InChI=1S/C18H24N4O3S.ClH/c1-13-10-15-4-3-5-16(17(15)20-12-13)26(24,25)22-8-6-21(7-9-22)18(23)14(2)11-19;/h3-5,10,12,14H,6-9,11,19H2,1-2H3;1H. The first-order valence-corrected chi connectivity index (χ1v) is 10.1. The Morgan fingerprint density at radius 3 is 2.56 bits per heavy atom. The molecule has 148 valence electrons. The number of hydrogen-bond acceptors (Lipinski definition) is 5. The molecule has 3 rings (SSSR count). The van der Waals surface area contributed by atoms with Crippen LogP contribution in [0.2, 0.25) is 0 Å². The third kappa shape index (κ3) is 4.24. The van der Waals surface area contributed by atoms with E-state index in [0.29, 0.717) is 25.2 Å². The van der Waals surface area contributed by atoms with Gasteiger partial charge in [-0.1, -0.05) is 19.1 Å². The molecule has 1 atom stereocenters. The van der Waals surface area contributed by atoms with Crippen molar-refractivity contribution in [2.45, 2.75) is 18.7 Å². The maximum atomic E-state index is 13.1. The van der Waals surface area contributed by atoms with Crippen molar-refractivity contribution in [2.75, 3.05) is 32.7 Å². The predicted octanol–water partition coefficient (Wildman–Crippen LogP) is 1.39. The van der Waals surface area contributed by atoms with Crippen LogP contribution in [0.15, 0.2) is 35.4 Å². The summed E-state index contributed by atoms with van der Waals surface area (Å²) in [4.78, 5) is 18.5. The highest BCUT2D eigenvalue weighted by Crippen LogP contribution is 2.25. The molecule has 0 spiro atoms. The molecule has 1 aliphatic rings. The van der Waals surface area contributed by atoms with Gasteiger partial charge in [-0.05, 0) is 24.6 Å². The number of carbonyl (C=O) groups is 1. The monoisotopic (exact) mass is 412 g/mol. The summed E-state index contributed by atoms with van der Waals surface area (Å²) in [6, 6.07) is 7.11. The molecule has 1 aromatic carbocycles. The number of halogens is 1. The van der Waals surface area contributed by atoms with Crippen LogP contribution in [0.5, 0.6) is 0 Å². The van der Waals surface area contributed by atoms with Crippen LogP contribution in [0.1, 0.15) is 12.5 Å². The number of piperazine rings is 1. The highest BCUT2D eigenvalue weighted by Gasteiger charge is 2.32. The van der Waals surface area contributed by atoms with E-state index >= 15 is 0 Å². The van der Waals surface area contributed by atoms with E-state index in [-0.39, 0.29) is 42.2 Å². The van der Waals surface area contributed by atoms with Gasteiger partial charge in [0.1, 0.15) is 4.90 Å². The van der Waals surface area contributed by atoms with Gasteiger partial charge in [-0.2, -0.15) is 4.31 Å². The van der Waals surface area contributed by atoms with Crippen molar-refractivity contribution in [3.05, 3.63) is 36.0 Å². The molecule has 1 aliphatic heterocycles. The van der Waals surface area contributed by atoms with E-state index in [1.807, 2.05) is 19.1 Å². The number of fused-ring (bicyclic) bond motifs is 1. The van der Waals surface area contributed by atoms with Crippen LogP contribution in [0.4, 0.5) is 0 Å². The lowest BCUT2D eigenvalue weighted by atomic mass is 10.1. The van der Waals surface area contributed by atoms with E-state index in [4.69, 9.17) is 5.73 Å². The highest BCUT2D eigenvalue weighted by molar-refractivity contribution is 7.89. The largest absolute Gasteiger partial charge is 0.340 e. The number of rotatable bonds is 4. The maximum Gasteiger partial charge on any atom is 0.245 e. The van der Waals surface area contributed by atoms with Gasteiger partial charge in [0, 0.05) is 50.2 Å². The zero-order chi connectivity index (χ0) is 18.9. The number of hydrogen-bond donors (Lipinski definition) is 1. The normalized spacial score (nSPS) is 16.8. The van der Waals surface area contributed by atoms with Crippen LogP contribution in [-0.4, -0.2) is 61.2 Å². The summed E-state index contributed by atoms with van der Waals surface area (Å²) in [7, 11) is -3.67. The number of nitrogens with two attached hydrogens (primary N) is 1. The molecular weight excluding hydrogens is 388 g/mol. The van der Waals surface area contributed by atoms with Crippen molar-refractivity contribution >= 4 is 39.2 Å². The number of sulfonamides is 1. The Kier molecular flexibility index (Phi) is 6.80. The lowest BCUT2D eigenvalue weighted by Gasteiger charge is -2.35. The van der Waals surface area contributed by atoms with Crippen molar-refractivity contribution in [1.82, 2.24) is 14.2 Å². The highest BCUT2D eigenvalue weighted by atomic mass is 35.5. The molecule has 1 unspecified atom stereocenters. The number of aromatic nitrogens is 1. The molecule has 1 saturated heterocycles. The molecule has 2 N–H and O–H groups in total. The molecule has 1 fully saturated rings. The van der Waals surface area contributed by atoms with Crippen LogP contribution < -0.4 is 5.73 Å². The average molecular weight is 413 g/mol. The summed E-state index contributed by atoms with van der Waals surface area (Å²) in [5.74, 6) is -0.268. The Labute approximate surface area is 166 Å². The lowest BCUT2D eigenvalue weighted by Crippen LogP contribution is -2.52. The minimum atomic E-state index is -3.67. The molecule has 0 bridgehead atoms. The summed E-state index contributed by atoms with van der Waals surface area (Å²) in [5, 5.41) is 0.802. The van der Waals surface area contributed by atoms with Gasteiger partial charge in [0.2, 0.25) is 15.9 Å². The van der Waals surface area contributed by atoms with Gasteiger partial charge in [-0.25, -0.2) is 8.42 Å². The third-order valence-electron chi connectivity index (χ3n) is 4.75. The summed E-state index contributed by atoms with van der Waals surface area (Å²) < 4.78 is 27.7. The van der Waals surface area contributed by atoms with Gasteiger partial charge in [-0.3, -0.25) is 9.78 Å². The molecule has 2 heterocycles. The van der Waals surface area contributed by atoms with Gasteiger partial charge in [0.15, 0.2) is 0 Å². The van der Waals surface area contributed by atoms with E-state index in [2.05, 4.69) is 4.98 Å². The molecule has 27 heavy (non-hydrogen) atoms. The topological polar surface area (TPSA) is 96.6 Å². The number of carbonyl (C=O) groups excluding carboxylic acids is 1. The molecule has 7 nitrogen and oxygen atoms in total. The summed E-state index contributed by atoms with van der Waals surface area (Å²) in [6.07, 6.45) is 1.67. The third-order valence-corrected chi connectivity index (χ3v) is 6.68. The molecule has 0 radical (unpaired) electrons. The summed E-state index contributed by atoms with van der Waals surface area (Å²) in [5.41, 5.74) is 7.01. The molecule has 0 saturated carbocycles. The fraction of sp³-hybridized carbons (Fsp3) is 0.444. The van der Waals surface area contributed by atoms with E-state index < -0.39 is 10.0 Å². The van der Waals surface area contributed by atoms with Crippen LogP contribution >= 0.6 is 12.4 Å². The molecule has 1 aromatic heterocycles. The Hall–Kier alpha value is -1.74. The summed E-state index contributed by atoms with van der Waals surface area (Å²) in [6.45, 7) is 5.29. The molecule has 9 heteroatoms. The lowest BCUT2D eigenvalue weighted by molar-refractivity contribution is -0.135. The minimum Gasteiger partial charge on any atom is -0.340 e. The van der Waals surface area contributed by atoms with Crippen molar-refractivity contribution in [3.8, 4) is 0 Å². The van der Waals surface area contributed by atoms with Crippen LogP contribution in [0, 0.1) is 12.8 Å². The SMILES string of the molecule is Cc1cnc2c(S(=O)(=O)N3CCN(C(=O)C(C)CN)CC3)cccc2c1.Cl. The number of pyridine rings is 1. The van der Waals surface area contributed by atoms with Gasteiger partial charge >= 0.3 is 0 Å². The molecule has 0 aliphatic carbocycles. The Balaban J connectivity index is 0.00000261. The Bertz CT molecular complexity index is 927. The quantitative estimate of drug-likeness (QED) is 0.818. The average Bonchev–Trinajstić information content (AvgIpc) is 2.66. The van der Waals surface area contributed by atoms with Crippen molar-refractivity contribution < 1.29 is 13.2 Å². The van der Waals surface area contributed by atoms with E-state index in [9.17, 15) is 13.2 Å². The zero-order valence-electron chi connectivity index (χ0n) is 15.5. The zero-order valence-corrected chi connectivity index (χ0v) is 17.1. The van der Waals surface area contributed by atoms with Crippen molar-refractivity contribution in [3.63, 3.8) is 0 Å². The molecule has 2 aromatic rings. The second-order valence-corrected chi connectivity index (χ2v) is 8.61. The second kappa shape index (κ2) is 8.52. The smallest absolute Gasteiger partial charge is 0.245 e. The number of nitrogens with zero attached hydrogens (tertiary/aromatic N) is 3. The Morgan fingerprint density at radius 2 is 1.93 bits per heavy atom. The fourth-order valence-corrected chi connectivity index (χ4v) is 4.74. The van der Waals surface area contributed by atoms with Crippen LogP contribution in [0.3, 0.4) is 0 Å². The van der Waals surface area contributed by atoms with Gasteiger partial charge in [-0.15, -0.1) is 12.4 Å². The number of para-hydroxylation sites is 1. The van der Waals surface area contributed by atoms with Gasteiger partial charge in [0.05, 0.1) is 5.52 Å². The number of benzene rings is 1. The molecule has 1 amide bonds. The number of amides is 1. The van der Waals surface area contributed by atoms with E-state index in [0.717, 1.165) is 10.9 Å². The first kappa shape index (κ1) is 21.6. The van der Waals surface area contributed by atoms with Gasteiger partial charge in [0.25, 0.3) is 0 Å². The maximum absolute atomic E-state index is 13.1. The molecular formula is C18H25ClN4O3S. The van der Waals surface area contributed by atoms with Gasteiger partial charge < -0.3 is 10.6 Å². The fourth-order valence-electron chi connectivity index (χ4n) is 3.15. The van der Waals surface area contributed by atoms with Crippen molar-refractivity contribution in [2.24, 2.45) is 11.7 Å². The first-order valence-electron chi connectivity index (χ1n) is 8.69. The minimum absolute atomic E-state index is 0. The van der Waals surface area contributed by atoms with Crippen LogP contribution in [0.25, 0.3) is 10.9 Å². The second-order valence-electron chi connectivity index (χ2n) is 6.71. The summed E-state index contributed by atoms with van der Waals surface area (Å²) >= 11 is 0. The number of aryl methyl sites for hydroxylation is 1. The first-order chi connectivity index (χ1) is 12.3. The van der Waals surface area contributed by atoms with Crippen LogP contribution in [-0.2, 0) is 14.8 Å². The Morgan fingerprint density at radius 1 is 1.26 bits per heavy atom. The van der Waals surface area contributed by atoms with Crippen molar-refractivity contribution in [1.29, 1.82) is 0 Å². The predicted molar refractivity (Wildman–Crippen MR) is 107 cm³/mol. The van der Waals surface area contributed by atoms with E-state index in [1.165, 1.54) is 4.31 Å². The van der Waals surface area contributed by atoms with E-state index in [1.54, 1.807) is 30.2 Å².